The minimum absolute atomic E-state index is 0.0200. The van der Waals surface area contributed by atoms with Gasteiger partial charge in [-0.2, -0.15) is 0 Å². The lowest BCUT2D eigenvalue weighted by atomic mass is 9.87. The second-order valence-electron chi connectivity index (χ2n) is 16.5. The zero-order valence-corrected chi connectivity index (χ0v) is 33.7. The van der Waals surface area contributed by atoms with Crippen LogP contribution in [0, 0.1) is 6.92 Å². The number of sulfonamides is 1. The fourth-order valence-electron chi connectivity index (χ4n) is 8.57. The molecule has 1 aromatic heterocycles. The summed E-state index contributed by atoms with van der Waals surface area (Å²) in [6.07, 6.45) is 12.5. The van der Waals surface area contributed by atoms with Gasteiger partial charge in [0.2, 0.25) is 21.8 Å². The lowest BCUT2D eigenvalue weighted by Gasteiger charge is -2.36. The van der Waals surface area contributed by atoms with Gasteiger partial charge in [0.1, 0.15) is 35.1 Å². The van der Waals surface area contributed by atoms with E-state index in [-0.39, 0.29) is 25.5 Å². The Morgan fingerprint density at radius 3 is 2.57 bits per heavy atom. The number of fused-ring (bicyclic) bond motifs is 4. The molecule has 1 aromatic carbocycles. The van der Waals surface area contributed by atoms with E-state index in [4.69, 9.17) is 26.1 Å². The predicted molar refractivity (Wildman–Crippen MR) is 212 cm³/mol. The standard InChI is InChI=1S/C41H52ClN5O8S/c1-4-41(37(50)46-56(52,53)39(3)21-22-39)19-12-8-6-5-7-9-15-32(44-38(51)54-28-13-10-11-14-28)36(49)47-25-40(24-33(47)35(48)45-41)20-18-29-30-23-27(42)16-17-31(30)43-26(2)34(29)55-40/h4,8,12,16-17,23,28,32-33H,1,5-7,9-11,13-15,18-22,24-25H2,2-3H3,(H,44,51)(H,45,48)(H,46,50). The molecule has 302 valence electrons. The number of hydrogen-bond donors (Lipinski definition) is 3. The van der Waals surface area contributed by atoms with Crippen LogP contribution in [0.15, 0.2) is 43.0 Å². The third-order valence-corrected chi connectivity index (χ3v) is 14.8. The van der Waals surface area contributed by atoms with Crippen molar-refractivity contribution in [2.75, 3.05) is 6.54 Å². The Kier molecular flexibility index (Phi) is 11.2. The molecule has 3 N–H and O–H groups in total. The van der Waals surface area contributed by atoms with E-state index in [1.165, 1.54) is 11.0 Å². The fourth-order valence-corrected chi connectivity index (χ4v) is 10.1. The Morgan fingerprint density at radius 2 is 1.84 bits per heavy atom. The largest absolute Gasteiger partial charge is 0.483 e. The molecule has 56 heavy (non-hydrogen) atoms. The summed E-state index contributed by atoms with van der Waals surface area (Å²) in [5, 5.41) is 7.12. The predicted octanol–water partition coefficient (Wildman–Crippen LogP) is 5.85. The minimum atomic E-state index is -4.07. The maximum absolute atomic E-state index is 14.8. The number of ether oxygens (including phenoxy) is 2. The van der Waals surface area contributed by atoms with Crippen molar-refractivity contribution >= 4 is 56.3 Å². The van der Waals surface area contributed by atoms with Gasteiger partial charge in [-0.15, -0.1) is 6.58 Å². The van der Waals surface area contributed by atoms with E-state index in [2.05, 4.69) is 21.9 Å². The van der Waals surface area contributed by atoms with Crippen LogP contribution >= 0.6 is 11.6 Å². The van der Waals surface area contributed by atoms with E-state index in [0.717, 1.165) is 55.0 Å². The Labute approximate surface area is 333 Å². The molecule has 4 amide bonds. The smallest absolute Gasteiger partial charge is 0.408 e. The van der Waals surface area contributed by atoms with Crippen molar-refractivity contribution in [3.05, 3.63) is 59.3 Å². The summed E-state index contributed by atoms with van der Waals surface area (Å²) in [5.41, 5.74) is -0.509. The van der Waals surface area contributed by atoms with Gasteiger partial charge in [-0.3, -0.25) is 19.1 Å². The number of alkyl carbamates (subject to hydrolysis) is 1. The second-order valence-corrected chi connectivity index (χ2v) is 19.1. The van der Waals surface area contributed by atoms with Crippen LogP contribution in [0.3, 0.4) is 0 Å². The van der Waals surface area contributed by atoms with Gasteiger partial charge in [-0.05, 0) is 103 Å². The fraction of sp³-hybridized carbons (Fsp3) is 0.585. The molecule has 3 aliphatic heterocycles. The van der Waals surface area contributed by atoms with Crippen molar-refractivity contribution in [1.29, 1.82) is 0 Å². The van der Waals surface area contributed by atoms with Crippen LogP contribution in [0.5, 0.6) is 5.75 Å². The molecule has 4 unspecified atom stereocenters. The molecule has 5 aliphatic rings. The highest BCUT2D eigenvalue weighted by Crippen LogP contribution is 2.45. The van der Waals surface area contributed by atoms with Crippen LogP contribution in [0.25, 0.3) is 10.9 Å². The SMILES string of the molecule is C=CC1(C(=O)NS(=O)(=O)C2(C)CC2)CC=CCCCCCC(NC(=O)OC2CCCC2)C(=O)N2CC3(CCc4c(c(C)nc5ccc(Cl)cc45)O3)CC2C(=O)N1. The molecule has 1 spiro atoms. The van der Waals surface area contributed by atoms with Gasteiger partial charge in [0.25, 0.3) is 5.91 Å². The first kappa shape index (κ1) is 40.0. The summed E-state index contributed by atoms with van der Waals surface area (Å²) in [6, 6.07) is 3.37. The average molecular weight is 810 g/mol. The zero-order chi connectivity index (χ0) is 39.9. The normalized spacial score (nSPS) is 28.3. The lowest BCUT2D eigenvalue weighted by molar-refractivity contribution is -0.141. The van der Waals surface area contributed by atoms with Crippen molar-refractivity contribution in [3.63, 3.8) is 0 Å². The first-order valence-corrected chi connectivity index (χ1v) is 21.8. The lowest BCUT2D eigenvalue weighted by Crippen LogP contribution is -2.62. The van der Waals surface area contributed by atoms with Crippen LogP contribution in [0.1, 0.15) is 108 Å². The first-order valence-electron chi connectivity index (χ1n) is 19.9. The van der Waals surface area contributed by atoms with E-state index in [0.29, 0.717) is 61.4 Å². The Bertz CT molecular complexity index is 2060. The van der Waals surface area contributed by atoms with Crippen LogP contribution in [-0.4, -0.2) is 82.7 Å². The minimum Gasteiger partial charge on any atom is -0.483 e. The number of halogens is 1. The highest BCUT2D eigenvalue weighted by atomic mass is 35.5. The number of aromatic nitrogens is 1. The van der Waals surface area contributed by atoms with Crippen LogP contribution in [0.2, 0.25) is 5.02 Å². The summed E-state index contributed by atoms with van der Waals surface area (Å²) < 4.78 is 40.3. The van der Waals surface area contributed by atoms with Crippen molar-refractivity contribution in [3.8, 4) is 5.75 Å². The molecule has 4 atom stereocenters. The first-order chi connectivity index (χ1) is 26.7. The summed E-state index contributed by atoms with van der Waals surface area (Å²) in [4.78, 5) is 63.1. The van der Waals surface area contributed by atoms with Crippen LogP contribution < -0.4 is 20.1 Å². The van der Waals surface area contributed by atoms with Gasteiger partial charge < -0.3 is 25.0 Å². The topological polar surface area (TPSA) is 173 Å². The number of nitrogens with one attached hydrogen (secondary N) is 3. The molecule has 2 aliphatic carbocycles. The van der Waals surface area contributed by atoms with E-state index in [1.807, 2.05) is 25.1 Å². The van der Waals surface area contributed by atoms with Crippen molar-refractivity contribution in [2.24, 2.45) is 0 Å². The third-order valence-electron chi connectivity index (χ3n) is 12.4. The number of aryl methyl sites for hydroxylation is 2. The molecule has 3 fully saturated rings. The van der Waals surface area contributed by atoms with Gasteiger partial charge in [-0.25, -0.2) is 18.2 Å². The molecular formula is C41H52ClN5O8S. The van der Waals surface area contributed by atoms with Crippen LogP contribution in [0.4, 0.5) is 4.79 Å². The number of rotatable bonds is 6. The van der Waals surface area contributed by atoms with Gasteiger partial charge in [0.15, 0.2) is 0 Å². The molecular weight excluding hydrogens is 758 g/mol. The van der Waals surface area contributed by atoms with Crippen molar-refractivity contribution in [2.45, 2.75) is 144 Å². The summed E-state index contributed by atoms with van der Waals surface area (Å²) >= 11 is 6.39. The van der Waals surface area contributed by atoms with E-state index in [9.17, 15) is 27.6 Å². The monoisotopic (exact) mass is 809 g/mol. The molecule has 0 radical (unpaired) electrons. The van der Waals surface area contributed by atoms with Gasteiger partial charge in [-0.1, -0.05) is 42.7 Å². The highest BCUT2D eigenvalue weighted by Gasteiger charge is 2.56. The summed E-state index contributed by atoms with van der Waals surface area (Å²) in [6.45, 7) is 7.34. The molecule has 15 heteroatoms. The van der Waals surface area contributed by atoms with Crippen molar-refractivity contribution in [1.82, 2.24) is 25.2 Å². The highest BCUT2D eigenvalue weighted by molar-refractivity contribution is 7.91. The number of hydrogen-bond acceptors (Lipinski definition) is 9. The summed E-state index contributed by atoms with van der Waals surface area (Å²) in [7, 11) is -4.07. The molecule has 2 saturated carbocycles. The number of nitrogens with zero attached hydrogens (tertiary/aromatic N) is 2. The Balaban J connectivity index is 1.24. The zero-order valence-electron chi connectivity index (χ0n) is 32.2. The average Bonchev–Trinajstić information content (AvgIpc) is 3.54. The molecule has 7 rings (SSSR count). The molecule has 4 heterocycles. The number of benzene rings is 1. The number of carbonyl (C=O) groups is 4. The van der Waals surface area contributed by atoms with E-state index >= 15 is 0 Å². The third kappa shape index (κ3) is 8.00. The second kappa shape index (κ2) is 15.6. The number of pyridine rings is 1. The van der Waals surface area contributed by atoms with Gasteiger partial charge in [0.05, 0.1) is 22.5 Å². The van der Waals surface area contributed by atoms with Gasteiger partial charge >= 0.3 is 6.09 Å². The summed E-state index contributed by atoms with van der Waals surface area (Å²) in [5.74, 6) is -1.51. The van der Waals surface area contributed by atoms with Gasteiger partial charge in [0, 0.05) is 28.8 Å². The van der Waals surface area contributed by atoms with E-state index < -0.39 is 61.8 Å². The maximum atomic E-state index is 14.8. The molecule has 1 saturated heterocycles. The molecule has 2 aromatic rings. The molecule has 13 nitrogen and oxygen atoms in total. The Hall–Kier alpha value is -4.17. The van der Waals surface area contributed by atoms with Crippen LogP contribution in [-0.2, 0) is 35.6 Å². The number of allylic oxidation sites excluding steroid dienone is 1. The Morgan fingerprint density at radius 1 is 1.09 bits per heavy atom. The number of amides is 4. The quantitative estimate of drug-likeness (QED) is 0.303. The van der Waals surface area contributed by atoms with E-state index in [1.54, 1.807) is 19.1 Å². The van der Waals surface area contributed by atoms with Crippen molar-refractivity contribution < 1.29 is 37.1 Å². The molecule has 0 bridgehead atoms. The number of carbonyl (C=O) groups excluding carboxylic acids is 4. The maximum Gasteiger partial charge on any atom is 0.408 e.